The smallest absolute Gasteiger partial charge is 0.305 e. The van der Waals surface area contributed by atoms with Gasteiger partial charge in [0, 0.05) is 9.47 Å². The van der Waals surface area contributed by atoms with E-state index in [4.69, 9.17) is 5.11 Å². The van der Waals surface area contributed by atoms with Crippen molar-refractivity contribution in [3.05, 3.63) is 0 Å². The molecular formula is C3H7O3P. The molecule has 0 saturated carbocycles. The number of rotatable bonds is 3. The van der Waals surface area contributed by atoms with Crippen molar-refractivity contribution in [2.24, 2.45) is 0 Å². The number of carboxylic acid groups (broad SMARTS) is 1. The minimum Gasteiger partial charge on any atom is -0.481 e. The molecule has 0 rings (SSSR count). The third kappa shape index (κ3) is 5.86. The van der Waals surface area contributed by atoms with Gasteiger partial charge in [0.25, 0.3) is 0 Å². The highest BCUT2D eigenvalue weighted by atomic mass is 31.0. The van der Waals surface area contributed by atoms with E-state index < -0.39 is 5.97 Å². The second-order valence-electron chi connectivity index (χ2n) is 1.01. The van der Waals surface area contributed by atoms with Gasteiger partial charge in [-0.25, -0.2) is 0 Å². The van der Waals surface area contributed by atoms with Gasteiger partial charge in [0.05, 0.1) is 13.0 Å². The molecule has 0 saturated heterocycles. The van der Waals surface area contributed by atoms with E-state index in [0.29, 0.717) is 0 Å². The van der Waals surface area contributed by atoms with Crippen LogP contribution < -0.4 is 0 Å². The molecule has 0 radical (unpaired) electrons. The van der Waals surface area contributed by atoms with Crippen LogP contribution in [0.15, 0.2) is 0 Å². The van der Waals surface area contributed by atoms with Crippen molar-refractivity contribution in [1.29, 1.82) is 0 Å². The van der Waals surface area contributed by atoms with Crippen LogP contribution in [0.4, 0.5) is 0 Å². The molecule has 0 aromatic heterocycles. The first-order valence-electron chi connectivity index (χ1n) is 1.81. The van der Waals surface area contributed by atoms with Gasteiger partial charge in [0.2, 0.25) is 0 Å². The van der Waals surface area contributed by atoms with Gasteiger partial charge in [-0.3, -0.25) is 4.79 Å². The summed E-state index contributed by atoms with van der Waals surface area (Å²) in [4.78, 5) is 9.67. The van der Waals surface area contributed by atoms with E-state index in [1.165, 1.54) is 0 Å². The van der Waals surface area contributed by atoms with Crippen molar-refractivity contribution in [2.45, 2.75) is 6.42 Å². The average Bonchev–Trinajstić information content (AvgIpc) is 1.61. The van der Waals surface area contributed by atoms with Crippen LogP contribution in [0, 0.1) is 0 Å². The first kappa shape index (κ1) is 6.86. The summed E-state index contributed by atoms with van der Waals surface area (Å²) in [5.74, 6) is -0.831. The lowest BCUT2D eigenvalue weighted by Gasteiger charge is -1.88. The Labute approximate surface area is 44.0 Å². The summed E-state index contributed by atoms with van der Waals surface area (Å²) in [7, 11) is 1.98. The molecule has 1 unspecified atom stereocenters. The molecular weight excluding hydrogens is 115 g/mol. The lowest BCUT2D eigenvalue weighted by molar-refractivity contribution is -0.137. The van der Waals surface area contributed by atoms with Crippen LogP contribution in [0.5, 0.6) is 0 Å². The lowest BCUT2D eigenvalue weighted by atomic mass is 10.5. The Bertz CT molecular complexity index is 63.2. The van der Waals surface area contributed by atoms with Gasteiger partial charge < -0.3 is 9.63 Å². The van der Waals surface area contributed by atoms with Gasteiger partial charge in [-0.1, -0.05) is 0 Å². The second-order valence-corrected chi connectivity index (χ2v) is 1.35. The normalized spacial score (nSPS) is 8.71. The molecule has 4 heteroatoms. The van der Waals surface area contributed by atoms with Crippen LogP contribution in [0.25, 0.3) is 0 Å². The SMILES string of the molecule is O=C(O)CCOP. The third-order valence-corrected chi connectivity index (χ3v) is 0.669. The number of carboxylic acids is 1. The van der Waals surface area contributed by atoms with Gasteiger partial charge in [0.1, 0.15) is 0 Å². The number of hydrogen-bond acceptors (Lipinski definition) is 2. The molecule has 1 N–H and O–H groups in total. The zero-order chi connectivity index (χ0) is 5.70. The summed E-state index contributed by atoms with van der Waals surface area (Å²) in [5, 5.41) is 7.96. The first-order valence-corrected chi connectivity index (χ1v) is 2.28. The van der Waals surface area contributed by atoms with E-state index in [2.05, 4.69) is 4.52 Å². The van der Waals surface area contributed by atoms with Gasteiger partial charge in [-0.05, 0) is 0 Å². The summed E-state index contributed by atoms with van der Waals surface area (Å²) < 4.78 is 4.39. The van der Waals surface area contributed by atoms with Crippen LogP contribution in [-0.4, -0.2) is 17.7 Å². The van der Waals surface area contributed by atoms with Crippen LogP contribution in [-0.2, 0) is 9.32 Å². The molecule has 42 valence electrons. The molecule has 0 heterocycles. The molecule has 0 aliphatic rings. The molecule has 0 spiro atoms. The van der Waals surface area contributed by atoms with Crippen molar-refractivity contribution < 1.29 is 14.4 Å². The van der Waals surface area contributed by atoms with E-state index in [0.717, 1.165) is 0 Å². The minimum atomic E-state index is -0.831. The molecule has 0 aliphatic heterocycles. The maximum atomic E-state index is 9.67. The lowest BCUT2D eigenvalue weighted by Crippen LogP contribution is -1.97. The van der Waals surface area contributed by atoms with Crippen LogP contribution in [0.3, 0.4) is 0 Å². The fourth-order valence-electron chi connectivity index (χ4n) is 0.146. The summed E-state index contributed by atoms with van der Waals surface area (Å²) in [6, 6.07) is 0. The molecule has 0 bridgehead atoms. The predicted molar refractivity (Wildman–Crippen MR) is 27.9 cm³/mol. The number of aliphatic carboxylic acids is 1. The topological polar surface area (TPSA) is 46.5 Å². The first-order chi connectivity index (χ1) is 3.27. The number of carbonyl (C=O) groups is 1. The fraction of sp³-hybridized carbons (Fsp3) is 0.667. The van der Waals surface area contributed by atoms with Crippen molar-refractivity contribution in [2.75, 3.05) is 6.61 Å². The Morgan fingerprint density at radius 3 is 2.57 bits per heavy atom. The predicted octanol–water partition coefficient (Wildman–Crippen LogP) is 0.268. The van der Waals surface area contributed by atoms with Gasteiger partial charge in [0.15, 0.2) is 0 Å². The fourth-order valence-corrected chi connectivity index (χ4v) is 0.264. The monoisotopic (exact) mass is 122 g/mol. The molecule has 0 aromatic carbocycles. The molecule has 0 amide bonds. The molecule has 1 atom stereocenters. The maximum absolute atomic E-state index is 9.67. The Balaban J connectivity index is 2.82. The van der Waals surface area contributed by atoms with E-state index in [1.54, 1.807) is 0 Å². The minimum absolute atomic E-state index is 0.0729. The molecule has 3 nitrogen and oxygen atoms in total. The van der Waals surface area contributed by atoms with Crippen LogP contribution >= 0.6 is 9.47 Å². The van der Waals surface area contributed by atoms with Crippen molar-refractivity contribution in [3.63, 3.8) is 0 Å². The Hall–Kier alpha value is -0.140. The second kappa shape index (κ2) is 4.03. The summed E-state index contributed by atoms with van der Waals surface area (Å²) >= 11 is 0. The quantitative estimate of drug-likeness (QED) is 0.546. The van der Waals surface area contributed by atoms with Crippen LogP contribution in [0.1, 0.15) is 6.42 Å². The molecule has 0 aliphatic carbocycles. The van der Waals surface area contributed by atoms with E-state index in [-0.39, 0.29) is 13.0 Å². The molecule has 0 aromatic rings. The van der Waals surface area contributed by atoms with Crippen molar-refractivity contribution in [3.8, 4) is 0 Å². The highest BCUT2D eigenvalue weighted by Crippen LogP contribution is 1.86. The van der Waals surface area contributed by atoms with Crippen molar-refractivity contribution in [1.82, 2.24) is 0 Å². The highest BCUT2D eigenvalue weighted by Gasteiger charge is 1.91. The number of hydrogen-bond donors (Lipinski definition) is 1. The zero-order valence-corrected chi connectivity index (χ0v) is 4.91. The van der Waals surface area contributed by atoms with E-state index in [9.17, 15) is 4.79 Å². The van der Waals surface area contributed by atoms with Crippen molar-refractivity contribution >= 4 is 15.4 Å². The Kier molecular flexibility index (Phi) is 3.95. The average molecular weight is 122 g/mol. The van der Waals surface area contributed by atoms with Gasteiger partial charge in [-0.2, -0.15) is 0 Å². The highest BCUT2D eigenvalue weighted by molar-refractivity contribution is 7.09. The van der Waals surface area contributed by atoms with Crippen LogP contribution in [0.2, 0.25) is 0 Å². The third-order valence-electron chi connectivity index (χ3n) is 0.434. The van der Waals surface area contributed by atoms with E-state index >= 15 is 0 Å². The standard InChI is InChI=1S/C3H7O3P/c4-3(5)1-2-6-7/h1-2,7H2,(H,4,5). The molecule has 0 fully saturated rings. The van der Waals surface area contributed by atoms with E-state index in [1.807, 2.05) is 9.47 Å². The summed E-state index contributed by atoms with van der Waals surface area (Å²) in [5.41, 5.74) is 0. The van der Waals surface area contributed by atoms with Gasteiger partial charge in [-0.15, -0.1) is 0 Å². The molecule has 7 heavy (non-hydrogen) atoms. The maximum Gasteiger partial charge on any atom is 0.305 e. The summed E-state index contributed by atoms with van der Waals surface area (Å²) in [6.07, 6.45) is 0.0729. The Morgan fingerprint density at radius 2 is 2.43 bits per heavy atom. The van der Waals surface area contributed by atoms with Gasteiger partial charge >= 0.3 is 5.97 Å². The zero-order valence-electron chi connectivity index (χ0n) is 3.76. The summed E-state index contributed by atoms with van der Waals surface area (Å²) in [6.45, 7) is 0.264. The Morgan fingerprint density at radius 1 is 1.86 bits per heavy atom. The largest absolute Gasteiger partial charge is 0.481 e.